The quantitative estimate of drug-likeness (QED) is 0.565. The van der Waals surface area contributed by atoms with Gasteiger partial charge in [-0.3, -0.25) is 9.59 Å². The number of methoxy groups -OCH3 is 1. The highest BCUT2D eigenvalue weighted by Crippen LogP contribution is 2.28. The summed E-state index contributed by atoms with van der Waals surface area (Å²) in [6.45, 7) is 1.11. The maximum Gasteiger partial charge on any atom is 0.299 e. The highest BCUT2D eigenvalue weighted by atomic mass is 16.5. The molecule has 0 fully saturated rings. The number of hydrogen-bond acceptors (Lipinski definition) is 3. The van der Waals surface area contributed by atoms with Crippen LogP contribution in [0.2, 0.25) is 0 Å². The fraction of sp³-hybridized carbons (Fsp3) is 0.333. The third-order valence-electron chi connectivity index (χ3n) is 2.61. The fourth-order valence-corrected chi connectivity index (χ4v) is 1.84. The van der Waals surface area contributed by atoms with Gasteiger partial charge in [0.05, 0.1) is 11.3 Å². The summed E-state index contributed by atoms with van der Waals surface area (Å²) in [5.41, 5.74) is 1.22. The van der Waals surface area contributed by atoms with E-state index < -0.39 is 11.7 Å². The van der Waals surface area contributed by atoms with Gasteiger partial charge in [0, 0.05) is 20.3 Å². The number of anilines is 1. The zero-order valence-corrected chi connectivity index (χ0v) is 9.10. The molecule has 4 nitrogen and oxygen atoms in total. The Kier molecular flexibility index (Phi) is 3.01. The van der Waals surface area contributed by atoms with Gasteiger partial charge in [0.2, 0.25) is 0 Å². The summed E-state index contributed by atoms with van der Waals surface area (Å²) in [6, 6.07) is 7.08. The van der Waals surface area contributed by atoms with Crippen LogP contribution < -0.4 is 4.90 Å². The molecule has 0 unspecified atom stereocenters. The summed E-state index contributed by atoms with van der Waals surface area (Å²) in [5, 5.41) is 0. The second kappa shape index (κ2) is 4.45. The van der Waals surface area contributed by atoms with Gasteiger partial charge in [0.1, 0.15) is 0 Å². The standard InChI is InChI=1S/C12H13NO3/c1-16-8-4-7-13-10-6-3-2-5-9(10)11(14)12(13)15/h2-3,5-6H,4,7-8H2,1H3. The van der Waals surface area contributed by atoms with Crippen LogP contribution in [0.15, 0.2) is 24.3 Å². The predicted octanol–water partition coefficient (Wildman–Crippen LogP) is 1.25. The van der Waals surface area contributed by atoms with Crippen molar-refractivity contribution >= 4 is 17.4 Å². The highest BCUT2D eigenvalue weighted by Gasteiger charge is 2.34. The highest BCUT2D eigenvalue weighted by molar-refractivity contribution is 6.52. The van der Waals surface area contributed by atoms with Gasteiger partial charge in [-0.2, -0.15) is 0 Å². The van der Waals surface area contributed by atoms with E-state index in [1.807, 2.05) is 6.07 Å². The molecule has 4 heteroatoms. The second-order valence-electron chi connectivity index (χ2n) is 3.65. The number of ether oxygens (including phenoxy) is 1. The van der Waals surface area contributed by atoms with Gasteiger partial charge in [-0.15, -0.1) is 0 Å². The van der Waals surface area contributed by atoms with Crippen LogP contribution in [0.25, 0.3) is 0 Å². The molecule has 1 amide bonds. The molecular weight excluding hydrogens is 206 g/mol. The number of benzene rings is 1. The van der Waals surface area contributed by atoms with Crippen LogP contribution in [0.1, 0.15) is 16.8 Å². The van der Waals surface area contributed by atoms with E-state index in [2.05, 4.69) is 0 Å². The Labute approximate surface area is 93.8 Å². The van der Waals surface area contributed by atoms with Gasteiger partial charge in [-0.1, -0.05) is 12.1 Å². The van der Waals surface area contributed by atoms with Crippen LogP contribution in [0.5, 0.6) is 0 Å². The number of Topliss-reactive ketones (excluding diaryl/α,β-unsaturated/α-hetero) is 1. The van der Waals surface area contributed by atoms with Crippen LogP contribution in [0.4, 0.5) is 5.69 Å². The number of nitrogens with zero attached hydrogens (tertiary/aromatic N) is 1. The fourth-order valence-electron chi connectivity index (χ4n) is 1.84. The van der Waals surface area contributed by atoms with Crippen molar-refractivity contribution in [1.29, 1.82) is 0 Å². The topological polar surface area (TPSA) is 46.6 Å². The van der Waals surface area contributed by atoms with Crippen molar-refractivity contribution in [2.75, 3.05) is 25.2 Å². The van der Waals surface area contributed by atoms with Gasteiger partial charge in [0.15, 0.2) is 0 Å². The molecule has 2 rings (SSSR count). The minimum atomic E-state index is -0.433. The summed E-state index contributed by atoms with van der Waals surface area (Å²) >= 11 is 0. The third kappa shape index (κ3) is 1.72. The van der Waals surface area contributed by atoms with E-state index in [9.17, 15) is 9.59 Å². The molecule has 0 N–H and O–H groups in total. The van der Waals surface area contributed by atoms with Crippen molar-refractivity contribution in [2.24, 2.45) is 0 Å². The van der Waals surface area contributed by atoms with E-state index >= 15 is 0 Å². The number of ketones is 1. The molecule has 1 aliphatic heterocycles. The third-order valence-corrected chi connectivity index (χ3v) is 2.61. The van der Waals surface area contributed by atoms with Crippen molar-refractivity contribution in [3.63, 3.8) is 0 Å². The maximum atomic E-state index is 11.7. The van der Waals surface area contributed by atoms with Gasteiger partial charge in [-0.25, -0.2) is 0 Å². The SMILES string of the molecule is COCCCN1C(=O)C(=O)c2ccccc21. The monoisotopic (exact) mass is 219 g/mol. The van der Waals surface area contributed by atoms with Crippen molar-refractivity contribution in [3.8, 4) is 0 Å². The van der Waals surface area contributed by atoms with Crippen molar-refractivity contribution in [1.82, 2.24) is 0 Å². The molecule has 1 aromatic carbocycles. The molecular formula is C12H13NO3. The van der Waals surface area contributed by atoms with Gasteiger partial charge < -0.3 is 9.64 Å². The predicted molar refractivity (Wildman–Crippen MR) is 59.6 cm³/mol. The second-order valence-corrected chi connectivity index (χ2v) is 3.65. The first-order valence-electron chi connectivity index (χ1n) is 5.20. The lowest BCUT2D eigenvalue weighted by Crippen LogP contribution is -2.31. The average Bonchev–Trinajstić information content (AvgIpc) is 2.55. The lowest BCUT2D eigenvalue weighted by molar-refractivity contribution is -0.114. The maximum absolute atomic E-state index is 11.7. The van der Waals surface area contributed by atoms with Crippen LogP contribution in [0.3, 0.4) is 0 Å². The Hall–Kier alpha value is -1.68. The van der Waals surface area contributed by atoms with Gasteiger partial charge in [-0.05, 0) is 18.6 Å². The zero-order chi connectivity index (χ0) is 11.5. The van der Waals surface area contributed by atoms with Gasteiger partial charge in [0.25, 0.3) is 11.7 Å². The lowest BCUT2D eigenvalue weighted by atomic mass is 10.1. The van der Waals surface area contributed by atoms with E-state index in [-0.39, 0.29) is 0 Å². The summed E-state index contributed by atoms with van der Waals surface area (Å²) < 4.78 is 4.93. The minimum absolute atomic E-state index is 0.409. The number of rotatable bonds is 4. The molecule has 16 heavy (non-hydrogen) atoms. The lowest BCUT2D eigenvalue weighted by Gasteiger charge is -2.15. The average molecular weight is 219 g/mol. The molecule has 1 heterocycles. The zero-order valence-electron chi connectivity index (χ0n) is 9.10. The van der Waals surface area contributed by atoms with E-state index in [1.165, 1.54) is 4.90 Å². The van der Waals surface area contributed by atoms with E-state index in [4.69, 9.17) is 4.74 Å². The Balaban J connectivity index is 2.20. The van der Waals surface area contributed by atoms with Crippen LogP contribution in [-0.2, 0) is 9.53 Å². The first kappa shape index (κ1) is 10.8. The number of carbonyl (C=O) groups excluding carboxylic acids is 2. The normalized spacial score (nSPS) is 14.4. The van der Waals surface area contributed by atoms with Gasteiger partial charge >= 0.3 is 0 Å². The number of hydrogen-bond donors (Lipinski definition) is 0. The minimum Gasteiger partial charge on any atom is -0.385 e. The number of fused-ring (bicyclic) bond motifs is 1. The molecule has 0 bridgehead atoms. The molecule has 0 radical (unpaired) electrons. The van der Waals surface area contributed by atoms with Crippen LogP contribution in [0, 0.1) is 0 Å². The first-order chi connectivity index (χ1) is 7.75. The van der Waals surface area contributed by atoms with Crippen molar-refractivity contribution < 1.29 is 14.3 Å². The number of para-hydroxylation sites is 1. The molecule has 0 aliphatic carbocycles. The van der Waals surface area contributed by atoms with Crippen molar-refractivity contribution in [3.05, 3.63) is 29.8 Å². The molecule has 0 atom stereocenters. The summed E-state index contributed by atoms with van der Waals surface area (Å²) in [7, 11) is 1.62. The Morgan fingerprint density at radius 3 is 2.75 bits per heavy atom. The Bertz CT molecular complexity index is 428. The number of carbonyl (C=O) groups is 2. The van der Waals surface area contributed by atoms with Crippen molar-refractivity contribution in [2.45, 2.75) is 6.42 Å². The summed E-state index contributed by atoms with van der Waals surface area (Å²) in [5.74, 6) is -0.842. The molecule has 1 aromatic rings. The Morgan fingerprint density at radius 2 is 2.00 bits per heavy atom. The first-order valence-corrected chi connectivity index (χ1v) is 5.20. The molecule has 84 valence electrons. The van der Waals surface area contributed by atoms with Crippen LogP contribution >= 0.6 is 0 Å². The Morgan fingerprint density at radius 1 is 1.25 bits per heavy atom. The van der Waals surface area contributed by atoms with E-state index in [1.54, 1.807) is 25.3 Å². The summed E-state index contributed by atoms with van der Waals surface area (Å²) in [4.78, 5) is 24.8. The smallest absolute Gasteiger partial charge is 0.299 e. The molecule has 0 saturated heterocycles. The largest absolute Gasteiger partial charge is 0.385 e. The molecule has 0 spiro atoms. The van der Waals surface area contributed by atoms with E-state index in [0.29, 0.717) is 24.4 Å². The molecule has 1 aliphatic rings. The number of amides is 1. The van der Waals surface area contributed by atoms with E-state index in [0.717, 1.165) is 6.42 Å². The molecule has 0 aromatic heterocycles. The summed E-state index contributed by atoms with van der Waals surface area (Å²) in [6.07, 6.45) is 0.726. The molecule has 0 saturated carbocycles. The van der Waals surface area contributed by atoms with Crippen LogP contribution in [-0.4, -0.2) is 32.0 Å².